The first kappa shape index (κ1) is 25.7. The largest absolute Gasteiger partial charge is 0.264 e. The maximum Gasteiger partial charge on any atom is 0.160 e. The Balaban J connectivity index is 1.27. The molecule has 206 valence electrons. The minimum Gasteiger partial charge on any atom is -0.264 e. The van der Waals surface area contributed by atoms with Crippen molar-refractivity contribution in [2.24, 2.45) is 0 Å². The second-order valence-corrected chi connectivity index (χ2v) is 10.8. The third-order valence-electron chi connectivity index (χ3n) is 8.06. The van der Waals surface area contributed by atoms with E-state index < -0.39 is 0 Å². The summed E-state index contributed by atoms with van der Waals surface area (Å²) in [7, 11) is 0. The van der Waals surface area contributed by atoms with Crippen molar-refractivity contribution in [3.8, 4) is 56.2 Å². The Morgan fingerprint density at radius 1 is 0.341 bits per heavy atom. The molecule has 0 amide bonds. The van der Waals surface area contributed by atoms with Crippen LogP contribution < -0.4 is 0 Å². The van der Waals surface area contributed by atoms with Gasteiger partial charge in [0.05, 0.1) is 11.4 Å². The lowest BCUT2D eigenvalue weighted by atomic mass is 9.99. The molecule has 0 radical (unpaired) electrons. The molecular formula is C40H26N4. The monoisotopic (exact) mass is 562 g/mol. The molecule has 0 N–H and O–H groups in total. The van der Waals surface area contributed by atoms with E-state index in [-0.39, 0.29) is 0 Å². The zero-order chi connectivity index (χ0) is 29.3. The molecule has 0 atom stereocenters. The van der Waals surface area contributed by atoms with Gasteiger partial charge in [-0.05, 0) is 68.6 Å². The van der Waals surface area contributed by atoms with Crippen LogP contribution in [-0.4, -0.2) is 19.9 Å². The standard InChI is InChI=1S/C40H26N4/c1-2-11-36-28(6-1)14-17-31-23-33(18-19-37(31)36)40-43-38(29-15-12-27(13-16-29)34-9-4-20-41-25-34)24-39(44-40)32-8-3-7-30(22-32)35-10-5-21-42-26-35/h1-26H. The van der Waals surface area contributed by atoms with Crippen LogP contribution in [0.15, 0.2) is 158 Å². The van der Waals surface area contributed by atoms with E-state index in [2.05, 4.69) is 131 Å². The molecule has 4 heteroatoms. The second kappa shape index (κ2) is 11.0. The highest BCUT2D eigenvalue weighted by atomic mass is 14.9. The van der Waals surface area contributed by atoms with Gasteiger partial charge in [0.15, 0.2) is 5.82 Å². The van der Waals surface area contributed by atoms with Crippen molar-refractivity contribution in [1.29, 1.82) is 0 Å². The molecule has 0 aliphatic carbocycles. The molecule has 5 aromatic carbocycles. The minimum absolute atomic E-state index is 0.690. The maximum atomic E-state index is 5.13. The van der Waals surface area contributed by atoms with Crippen molar-refractivity contribution in [2.75, 3.05) is 0 Å². The van der Waals surface area contributed by atoms with Gasteiger partial charge in [0.2, 0.25) is 0 Å². The van der Waals surface area contributed by atoms with Crippen LogP contribution in [0.25, 0.3) is 77.7 Å². The smallest absolute Gasteiger partial charge is 0.160 e. The Morgan fingerprint density at radius 3 is 1.73 bits per heavy atom. The number of benzene rings is 5. The minimum atomic E-state index is 0.690. The quantitative estimate of drug-likeness (QED) is 0.196. The van der Waals surface area contributed by atoms with Gasteiger partial charge in [-0.15, -0.1) is 0 Å². The molecule has 44 heavy (non-hydrogen) atoms. The number of aromatic nitrogens is 4. The van der Waals surface area contributed by atoms with Crippen molar-refractivity contribution in [1.82, 2.24) is 19.9 Å². The van der Waals surface area contributed by atoms with Crippen LogP contribution in [0.1, 0.15) is 0 Å². The van der Waals surface area contributed by atoms with Crippen molar-refractivity contribution in [3.05, 3.63) is 158 Å². The normalized spacial score (nSPS) is 11.2. The summed E-state index contributed by atoms with van der Waals surface area (Å²) in [5.74, 6) is 0.690. The van der Waals surface area contributed by atoms with Crippen LogP contribution in [0.5, 0.6) is 0 Å². The topological polar surface area (TPSA) is 51.6 Å². The highest BCUT2D eigenvalue weighted by molar-refractivity contribution is 6.08. The Morgan fingerprint density at radius 2 is 0.955 bits per heavy atom. The third-order valence-corrected chi connectivity index (χ3v) is 8.06. The summed E-state index contributed by atoms with van der Waals surface area (Å²) in [4.78, 5) is 18.8. The van der Waals surface area contributed by atoms with E-state index in [0.29, 0.717) is 5.82 Å². The highest BCUT2D eigenvalue weighted by Crippen LogP contribution is 2.33. The molecule has 0 aliphatic heterocycles. The van der Waals surface area contributed by atoms with Crippen LogP contribution in [-0.2, 0) is 0 Å². The number of pyridine rings is 2. The number of nitrogens with zero attached hydrogens (tertiary/aromatic N) is 4. The second-order valence-electron chi connectivity index (χ2n) is 10.8. The van der Waals surface area contributed by atoms with Gasteiger partial charge in [0.25, 0.3) is 0 Å². The summed E-state index contributed by atoms with van der Waals surface area (Å²) < 4.78 is 0. The van der Waals surface area contributed by atoms with Gasteiger partial charge in [0, 0.05) is 47.0 Å². The van der Waals surface area contributed by atoms with Gasteiger partial charge in [-0.3, -0.25) is 9.97 Å². The summed E-state index contributed by atoms with van der Waals surface area (Å²) in [5, 5.41) is 4.86. The summed E-state index contributed by atoms with van der Waals surface area (Å²) in [6.07, 6.45) is 7.36. The molecule has 0 unspecified atom stereocenters. The van der Waals surface area contributed by atoms with E-state index in [1.54, 1.807) is 12.4 Å². The zero-order valence-corrected chi connectivity index (χ0v) is 23.8. The van der Waals surface area contributed by atoms with Crippen LogP contribution in [0, 0.1) is 0 Å². The number of hydrogen-bond acceptors (Lipinski definition) is 4. The average molecular weight is 563 g/mol. The molecule has 4 nitrogen and oxygen atoms in total. The maximum absolute atomic E-state index is 5.13. The van der Waals surface area contributed by atoms with E-state index in [0.717, 1.165) is 55.7 Å². The predicted octanol–water partition coefficient (Wildman–Crippen LogP) is 9.91. The molecule has 0 saturated heterocycles. The molecule has 0 fully saturated rings. The molecule has 3 heterocycles. The lowest BCUT2D eigenvalue weighted by Gasteiger charge is -2.12. The summed E-state index contributed by atoms with van der Waals surface area (Å²) >= 11 is 0. The van der Waals surface area contributed by atoms with E-state index in [4.69, 9.17) is 9.97 Å². The predicted molar refractivity (Wildman–Crippen MR) is 180 cm³/mol. The van der Waals surface area contributed by atoms with Gasteiger partial charge in [-0.25, -0.2) is 9.97 Å². The first-order chi connectivity index (χ1) is 21.8. The van der Waals surface area contributed by atoms with Crippen molar-refractivity contribution >= 4 is 21.5 Å². The average Bonchev–Trinajstić information content (AvgIpc) is 3.12. The van der Waals surface area contributed by atoms with Crippen molar-refractivity contribution in [2.45, 2.75) is 0 Å². The molecule has 0 aliphatic rings. The fourth-order valence-electron chi connectivity index (χ4n) is 5.78. The summed E-state index contributed by atoms with van der Waals surface area (Å²) in [6, 6.07) is 46.5. The molecule has 0 saturated carbocycles. The van der Waals surface area contributed by atoms with E-state index in [1.807, 2.05) is 24.5 Å². The zero-order valence-electron chi connectivity index (χ0n) is 23.8. The van der Waals surface area contributed by atoms with Gasteiger partial charge < -0.3 is 0 Å². The third kappa shape index (κ3) is 4.89. The lowest BCUT2D eigenvalue weighted by Crippen LogP contribution is -1.96. The highest BCUT2D eigenvalue weighted by Gasteiger charge is 2.13. The first-order valence-corrected chi connectivity index (χ1v) is 14.6. The van der Waals surface area contributed by atoms with Crippen molar-refractivity contribution < 1.29 is 0 Å². The Labute approximate surface area is 255 Å². The summed E-state index contributed by atoms with van der Waals surface area (Å²) in [6.45, 7) is 0. The fraction of sp³-hybridized carbons (Fsp3) is 0. The van der Waals surface area contributed by atoms with Gasteiger partial charge in [-0.1, -0.05) is 103 Å². The van der Waals surface area contributed by atoms with Crippen LogP contribution in [0.4, 0.5) is 0 Å². The number of hydrogen-bond donors (Lipinski definition) is 0. The molecular weight excluding hydrogens is 536 g/mol. The molecule has 0 spiro atoms. The van der Waals surface area contributed by atoms with Gasteiger partial charge in [-0.2, -0.15) is 0 Å². The molecule has 8 aromatic rings. The molecule has 8 rings (SSSR count). The van der Waals surface area contributed by atoms with Crippen LogP contribution in [0.3, 0.4) is 0 Å². The molecule has 3 aromatic heterocycles. The van der Waals surface area contributed by atoms with E-state index in [9.17, 15) is 0 Å². The molecule has 0 bridgehead atoms. The Hall–Kier alpha value is -6.00. The Bertz CT molecular complexity index is 2260. The number of rotatable bonds is 5. The fourth-order valence-corrected chi connectivity index (χ4v) is 5.78. The van der Waals surface area contributed by atoms with Gasteiger partial charge in [0.1, 0.15) is 0 Å². The SMILES string of the molecule is c1cncc(-c2ccc(-c3cc(-c4cccc(-c5cccnc5)c4)nc(-c4ccc5c(ccc6ccccc65)c4)n3)cc2)c1. The summed E-state index contributed by atoms with van der Waals surface area (Å²) in [5.41, 5.74) is 9.12. The van der Waals surface area contributed by atoms with Crippen LogP contribution >= 0.6 is 0 Å². The van der Waals surface area contributed by atoms with Crippen LogP contribution in [0.2, 0.25) is 0 Å². The van der Waals surface area contributed by atoms with Gasteiger partial charge >= 0.3 is 0 Å². The van der Waals surface area contributed by atoms with Crippen molar-refractivity contribution in [3.63, 3.8) is 0 Å². The first-order valence-electron chi connectivity index (χ1n) is 14.6. The number of fused-ring (bicyclic) bond motifs is 3. The van der Waals surface area contributed by atoms with E-state index >= 15 is 0 Å². The lowest BCUT2D eigenvalue weighted by molar-refractivity contribution is 1.18. The Kier molecular flexibility index (Phi) is 6.43. The van der Waals surface area contributed by atoms with E-state index in [1.165, 1.54) is 16.2 Å².